The van der Waals surface area contributed by atoms with Crippen molar-refractivity contribution in [3.8, 4) is 5.88 Å². The van der Waals surface area contributed by atoms with Crippen LogP contribution in [0.1, 0.15) is 83.5 Å². The molecule has 4 aliphatic rings. The number of hydrogen-bond donors (Lipinski definition) is 3. The number of amides is 3. The Morgan fingerprint density at radius 2 is 1.92 bits per heavy atom. The molecule has 10 nitrogen and oxygen atoms in total. The zero-order chi connectivity index (χ0) is 27.0. The zero-order valence-corrected chi connectivity index (χ0v) is 22.6. The Balaban J connectivity index is 1.51. The van der Waals surface area contributed by atoms with Crippen molar-refractivity contribution in [1.82, 2.24) is 20.4 Å². The molecule has 2 unspecified atom stereocenters. The Morgan fingerprint density at radius 3 is 2.51 bits per heavy atom. The third-order valence-electron chi connectivity index (χ3n) is 7.79. The first-order valence-corrected chi connectivity index (χ1v) is 13.4. The van der Waals surface area contributed by atoms with Crippen LogP contribution in [0.3, 0.4) is 0 Å². The molecule has 204 valence electrons. The molecule has 4 fully saturated rings. The van der Waals surface area contributed by atoms with Crippen molar-refractivity contribution < 1.29 is 23.9 Å². The molecule has 4 saturated carbocycles. The molecule has 5 rings (SSSR count). The van der Waals surface area contributed by atoms with Crippen LogP contribution in [0, 0.1) is 23.7 Å². The molecular formula is C27H41N5O5. The Bertz CT molecular complexity index is 1050. The van der Waals surface area contributed by atoms with Crippen LogP contribution in [-0.2, 0) is 9.53 Å². The van der Waals surface area contributed by atoms with Crippen molar-refractivity contribution in [2.75, 3.05) is 6.61 Å². The van der Waals surface area contributed by atoms with Crippen molar-refractivity contribution >= 4 is 24.1 Å². The van der Waals surface area contributed by atoms with Crippen LogP contribution in [0.5, 0.6) is 5.88 Å². The minimum atomic E-state index is -0.715. The van der Waals surface area contributed by atoms with Gasteiger partial charge >= 0.3 is 6.09 Å². The fraction of sp³-hybridized carbons (Fsp3) is 0.704. The molecule has 0 aliphatic heterocycles. The van der Waals surface area contributed by atoms with Crippen LogP contribution < -0.4 is 21.1 Å². The summed E-state index contributed by atoms with van der Waals surface area (Å²) in [5.41, 5.74) is 4.67. The highest BCUT2D eigenvalue weighted by Crippen LogP contribution is 2.57. The molecule has 37 heavy (non-hydrogen) atoms. The Labute approximate surface area is 218 Å². The van der Waals surface area contributed by atoms with E-state index in [2.05, 4.69) is 15.7 Å². The van der Waals surface area contributed by atoms with Gasteiger partial charge in [0.15, 0.2) is 0 Å². The van der Waals surface area contributed by atoms with E-state index in [9.17, 15) is 14.4 Å². The van der Waals surface area contributed by atoms with Crippen LogP contribution in [0.25, 0.3) is 6.20 Å². The predicted molar refractivity (Wildman–Crippen MR) is 139 cm³/mol. The molecule has 3 amide bonds. The van der Waals surface area contributed by atoms with E-state index in [-0.39, 0.29) is 35.6 Å². The lowest BCUT2D eigenvalue weighted by atomic mass is 9.52. The summed E-state index contributed by atoms with van der Waals surface area (Å²) in [6, 6.07) is 0.00804. The molecule has 1 aromatic heterocycles. The maximum absolute atomic E-state index is 13.5. The molecule has 10 heteroatoms. The Hall–Kier alpha value is -3.04. The largest absolute Gasteiger partial charge is 0.477 e. The van der Waals surface area contributed by atoms with Gasteiger partial charge in [-0.2, -0.15) is 5.10 Å². The molecule has 1 aromatic rings. The number of aromatic nitrogens is 2. The summed E-state index contributed by atoms with van der Waals surface area (Å²) in [6.07, 6.45) is 9.11. The number of primary amides is 1. The molecule has 4 bridgehead atoms. The van der Waals surface area contributed by atoms with E-state index < -0.39 is 17.2 Å². The normalized spacial score (nSPS) is 28.5. The van der Waals surface area contributed by atoms with Gasteiger partial charge in [0, 0.05) is 18.7 Å². The first kappa shape index (κ1) is 27.0. The summed E-state index contributed by atoms with van der Waals surface area (Å²) in [5, 5.41) is 10.6. The monoisotopic (exact) mass is 515 g/mol. The lowest BCUT2D eigenvalue weighted by molar-refractivity contribution is -0.137. The summed E-state index contributed by atoms with van der Waals surface area (Å²) in [4.78, 5) is 36.9. The lowest BCUT2D eigenvalue weighted by Gasteiger charge is -2.58. The van der Waals surface area contributed by atoms with Crippen molar-refractivity contribution in [3.63, 3.8) is 0 Å². The molecule has 2 atom stereocenters. The molecule has 4 aliphatic carbocycles. The predicted octanol–water partition coefficient (Wildman–Crippen LogP) is 3.47. The fourth-order valence-electron chi connectivity index (χ4n) is 6.50. The van der Waals surface area contributed by atoms with Gasteiger partial charge in [-0.05, 0) is 75.7 Å². The fourth-order valence-corrected chi connectivity index (χ4v) is 6.50. The minimum absolute atomic E-state index is 0.00804. The SMILES string of the molecule is CCC(=O)NC(C)(C)/C=C/n1ncc(C(=O)NC2C3CC4CC2CC(OC(N)=O)(C4)C3)c1OCC(C)C. The standard InChI is InChI=1S/C27H41N5O5/c1-6-21(33)31-26(4,5)7-8-32-24(36-15-16(2)3)20(14-29-32)23(34)30-22-18-9-17-10-19(22)13-27(11-17,12-18)37-25(28)35/h7-8,14,16-19,22H,6,9-13,15H2,1-5H3,(H2,28,35)(H,30,34)(H,31,33)/b8-7+. The zero-order valence-electron chi connectivity index (χ0n) is 22.6. The second-order valence-corrected chi connectivity index (χ2v) is 12.0. The lowest BCUT2D eigenvalue weighted by Crippen LogP contribution is -2.63. The highest BCUT2D eigenvalue weighted by atomic mass is 16.6. The Kier molecular flexibility index (Phi) is 7.57. The molecule has 0 aromatic carbocycles. The number of nitrogens with one attached hydrogen (secondary N) is 2. The minimum Gasteiger partial charge on any atom is -0.477 e. The number of hydrogen-bond acceptors (Lipinski definition) is 6. The quantitative estimate of drug-likeness (QED) is 0.436. The highest BCUT2D eigenvalue weighted by Gasteiger charge is 2.57. The highest BCUT2D eigenvalue weighted by molar-refractivity contribution is 5.96. The first-order chi connectivity index (χ1) is 17.4. The van der Waals surface area contributed by atoms with E-state index in [0.717, 1.165) is 32.1 Å². The first-order valence-electron chi connectivity index (χ1n) is 13.4. The van der Waals surface area contributed by atoms with E-state index in [1.807, 2.05) is 33.8 Å². The van der Waals surface area contributed by atoms with Crippen LogP contribution in [-0.4, -0.2) is 51.5 Å². The van der Waals surface area contributed by atoms with E-state index in [4.69, 9.17) is 15.2 Å². The third kappa shape index (κ3) is 6.10. The van der Waals surface area contributed by atoms with Gasteiger partial charge in [-0.25, -0.2) is 9.48 Å². The van der Waals surface area contributed by atoms with Gasteiger partial charge in [-0.1, -0.05) is 20.8 Å². The smallest absolute Gasteiger partial charge is 0.405 e. The topological polar surface area (TPSA) is 138 Å². The van der Waals surface area contributed by atoms with Gasteiger partial charge in [-0.3, -0.25) is 9.59 Å². The van der Waals surface area contributed by atoms with Crippen molar-refractivity contribution in [1.29, 1.82) is 0 Å². The summed E-state index contributed by atoms with van der Waals surface area (Å²) in [6.45, 7) is 10.1. The van der Waals surface area contributed by atoms with Crippen LogP contribution in [0.15, 0.2) is 12.3 Å². The van der Waals surface area contributed by atoms with Crippen molar-refractivity contribution in [2.45, 2.75) is 90.3 Å². The second-order valence-electron chi connectivity index (χ2n) is 12.0. The van der Waals surface area contributed by atoms with Gasteiger partial charge in [0.25, 0.3) is 5.91 Å². The molecule has 4 N–H and O–H groups in total. The molecule has 1 heterocycles. The van der Waals surface area contributed by atoms with E-state index >= 15 is 0 Å². The van der Waals surface area contributed by atoms with E-state index in [1.54, 1.807) is 17.8 Å². The van der Waals surface area contributed by atoms with Crippen LogP contribution in [0.4, 0.5) is 4.79 Å². The van der Waals surface area contributed by atoms with Gasteiger partial charge in [0.05, 0.1) is 18.3 Å². The van der Waals surface area contributed by atoms with Gasteiger partial charge in [-0.15, -0.1) is 0 Å². The van der Waals surface area contributed by atoms with Gasteiger partial charge < -0.3 is 25.8 Å². The number of carbonyl (C=O) groups excluding carboxylic acids is 3. The number of nitrogens with zero attached hydrogens (tertiary/aromatic N) is 2. The van der Waals surface area contributed by atoms with Crippen LogP contribution in [0.2, 0.25) is 0 Å². The molecular weight excluding hydrogens is 474 g/mol. The maximum Gasteiger partial charge on any atom is 0.405 e. The van der Waals surface area contributed by atoms with Gasteiger partial charge in [0.1, 0.15) is 11.2 Å². The van der Waals surface area contributed by atoms with Crippen molar-refractivity contribution in [3.05, 3.63) is 17.8 Å². The number of rotatable bonds is 10. The summed E-state index contributed by atoms with van der Waals surface area (Å²) in [7, 11) is 0. The molecule has 0 spiro atoms. The molecule has 0 radical (unpaired) electrons. The second kappa shape index (κ2) is 10.4. The third-order valence-corrected chi connectivity index (χ3v) is 7.79. The maximum atomic E-state index is 13.5. The summed E-state index contributed by atoms with van der Waals surface area (Å²) < 4.78 is 13.2. The average molecular weight is 516 g/mol. The summed E-state index contributed by atoms with van der Waals surface area (Å²) in [5.74, 6) is 1.34. The van der Waals surface area contributed by atoms with Gasteiger partial charge in [0.2, 0.25) is 11.8 Å². The van der Waals surface area contributed by atoms with E-state index in [0.29, 0.717) is 30.4 Å². The Morgan fingerprint density at radius 1 is 1.24 bits per heavy atom. The van der Waals surface area contributed by atoms with E-state index in [1.165, 1.54) is 6.20 Å². The molecule has 0 saturated heterocycles. The number of carbonyl (C=O) groups is 3. The summed E-state index contributed by atoms with van der Waals surface area (Å²) >= 11 is 0. The van der Waals surface area contributed by atoms with Crippen LogP contribution >= 0.6 is 0 Å². The number of nitrogens with two attached hydrogens (primary N) is 1. The van der Waals surface area contributed by atoms with Crippen molar-refractivity contribution in [2.24, 2.45) is 29.4 Å². The number of ether oxygens (including phenoxy) is 2. The average Bonchev–Trinajstić information content (AvgIpc) is 3.20.